The molecule has 0 saturated carbocycles. The average molecular weight is 191 g/mol. The van der Waals surface area contributed by atoms with Crippen molar-refractivity contribution in [2.45, 2.75) is 5.92 Å². The maximum absolute atomic E-state index is 8.94. The zero-order valence-electron chi connectivity index (χ0n) is 6.79. The Hall–Kier alpha value is -0.510. The summed E-state index contributed by atoms with van der Waals surface area (Å²) in [5.41, 5.74) is 0. The lowest BCUT2D eigenvalue weighted by Crippen LogP contribution is -2.09. The first-order valence-electron chi connectivity index (χ1n) is 3.63. The molecule has 0 aliphatic heterocycles. The third-order valence-corrected chi connectivity index (χ3v) is 1.79. The molecule has 12 heavy (non-hydrogen) atoms. The van der Waals surface area contributed by atoms with Gasteiger partial charge in [-0.15, -0.1) is 0 Å². The summed E-state index contributed by atoms with van der Waals surface area (Å²) in [6, 6.07) is 3.39. The highest BCUT2D eigenvalue weighted by Crippen LogP contribution is 2.21. The third kappa shape index (κ3) is 2.24. The molecule has 0 aliphatic rings. The predicted octanol–water partition coefficient (Wildman–Crippen LogP) is 1.66. The van der Waals surface area contributed by atoms with Gasteiger partial charge in [-0.1, -0.05) is 0 Å². The number of furan rings is 1. The Morgan fingerprint density at radius 2 is 2.42 bits per heavy atom. The molecule has 0 amide bonds. The fourth-order valence-electron chi connectivity index (χ4n) is 0.974. The van der Waals surface area contributed by atoms with Crippen molar-refractivity contribution in [3.05, 3.63) is 23.1 Å². The molecule has 0 aliphatic carbocycles. The molecule has 0 aromatic carbocycles. The molecule has 1 atom stereocenters. The Labute approximate surface area is 75.9 Å². The van der Waals surface area contributed by atoms with Gasteiger partial charge in [0.25, 0.3) is 0 Å². The van der Waals surface area contributed by atoms with Gasteiger partial charge >= 0.3 is 0 Å². The van der Waals surface area contributed by atoms with Crippen LogP contribution in [0.5, 0.6) is 0 Å². The van der Waals surface area contributed by atoms with Crippen molar-refractivity contribution in [1.82, 2.24) is 0 Å². The topological polar surface area (TPSA) is 42.6 Å². The van der Waals surface area contributed by atoms with Crippen molar-refractivity contribution in [3.63, 3.8) is 0 Å². The second-order valence-electron chi connectivity index (χ2n) is 2.48. The van der Waals surface area contributed by atoms with Crippen molar-refractivity contribution < 1.29 is 14.3 Å². The van der Waals surface area contributed by atoms with E-state index in [-0.39, 0.29) is 12.5 Å². The van der Waals surface area contributed by atoms with Crippen molar-refractivity contribution in [1.29, 1.82) is 0 Å². The first-order chi connectivity index (χ1) is 5.77. The van der Waals surface area contributed by atoms with Gasteiger partial charge in [0.1, 0.15) is 5.76 Å². The van der Waals surface area contributed by atoms with E-state index in [0.29, 0.717) is 17.6 Å². The largest absolute Gasteiger partial charge is 0.449 e. The number of ether oxygens (including phenoxy) is 1. The van der Waals surface area contributed by atoms with Gasteiger partial charge in [-0.3, -0.25) is 0 Å². The first kappa shape index (κ1) is 9.58. The molecule has 4 heteroatoms. The van der Waals surface area contributed by atoms with Gasteiger partial charge in [-0.05, 0) is 23.7 Å². The van der Waals surface area contributed by atoms with Crippen molar-refractivity contribution >= 4 is 11.6 Å². The minimum absolute atomic E-state index is 0.00230. The van der Waals surface area contributed by atoms with Gasteiger partial charge < -0.3 is 14.3 Å². The van der Waals surface area contributed by atoms with Crippen LogP contribution in [-0.4, -0.2) is 25.4 Å². The number of aliphatic hydroxyl groups is 1. The van der Waals surface area contributed by atoms with Crippen LogP contribution in [0.3, 0.4) is 0 Å². The summed E-state index contributed by atoms with van der Waals surface area (Å²) in [6.45, 7) is 0.429. The molecule has 68 valence electrons. The second kappa shape index (κ2) is 4.50. The normalized spacial score (nSPS) is 13.2. The van der Waals surface area contributed by atoms with E-state index in [4.69, 9.17) is 25.9 Å². The molecule has 0 spiro atoms. The average Bonchev–Trinajstić information content (AvgIpc) is 2.47. The van der Waals surface area contributed by atoms with Gasteiger partial charge in [0, 0.05) is 7.11 Å². The van der Waals surface area contributed by atoms with Crippen LogP contribution in [0.4, 0.5) is 0 Å². The predicted molar refractivity (Wildman–Crippen MR) is 45.4 cm³/mol. The molecular weight excluding hydrogens is 180 g/mol. The second-order valence-corrected chi connectivity index (χ2v) is 2.85. The Morgan fingerprint density at radius 1 is 1.67 bits per heavy atom. The molecule has 0 fully saturated rings. The first-order valence-corrected chi connectivity index (χ1v) is 4.00. The van der Waals surface area contributed by atoms with Gasteiger partial charge in [0.05, 0.1) is 19.1 Å². The van der Waals surface area contributed by atoms with Gasteiger partial charge in [0.15, 0.2) is 5.22 Å². The zero-order chi connectivity index (χ0) is 8.97. The van der Waals surface area contributed by atoms with Gasteiger partial charge in [0.2, 0.25) is 0 Å². The molecule has 1 aromatic heterocycles. The molecule has 0 saturated heterocycles. The lowest BCUT2D eigenvalue weighted by Gasteiger charge is -2.08. The highest BCUT2D eigenvalue weighted by atomic mass is 35.5. The van der Waals surface area contributed by atoms with E-state index in [1.54, 1.807) is 19.2 Å². The fraction of sp³-hybridized carbons (Fsp3) is 0.500. The Bertz CT molecular complexity index is 234. The van der Waals surface area contributed by atoms with E-state index in [1.165, 1.54) is 0 Å². The third-order valence-electron chi connectivity index (χ3n) is 1.58. The molecular formula is C8H11ClO3. The van der Waals surface area contributed by atoms with E-state index < -0.39 is 0 Å². The number of aliphatic hydroxyl groups excluding tert-OH is 1. The molecule has 0 radical (unpaired) electrons. The highest BCUT2D eigenvalue weighted by Gasteiger charge is 2.13. The molecule has 0 bridgehead atoms. The molecule has 3 nitrogen and oxygen atoms in total. The highest BCUT2D eigenvalue weighted by molar-refractivity contribution is 6.28. The Morgan fingerprint density at radius 3 is 2.83 bits per heavy atom. The molecule has 1 heterocycles. The maximum Gasteiger partial charge on any atom is 0.193 e. The smallest absolute Gasteiger partial charge is 0.193 e. The van der Waals surface area contributed by atoms with E-state index >= 15 is 0 Å². The summed E-state index contributed by atoms with van der Waals surface area (Å²) >= 11 is 5.57. The number of hydrogen-bond acceptors (Lipinski definition) is 3. The van der Waals surface area contributed by atoms with Crippen LogP contribution >= 0.6 is 11.6 Å². The van der Waals surface area contributed by atoms with Crippen LogP contribution in [0, 0.1) is 0 Å². The molecule has 1 N–H and O–H groups in total. The number of hydrogen-bond donors (Lipinski definition) is 1. The maximum atomic E-state index is 8.94. The van der Waals surface area contributed by atoms with Gasteiger partial charge in [-0.25, -0.2) is 0 Å². The minimum Gasteiger partial charge on any atom is -0.449 e. The minimum atomic E-state index is -0.123. The number of methoxy groups -OCH3 is 1. The SMILES string of the molecule is COCC(CO)c1ccc(Cl)o1. The van der Waals surface area contributed by atoms with Crippen LogP contribution in [0.2, 0.25) is 5.22 Å². The summed E-state index contributed by atoms with van der Waals surface area (Å²) in [5, 5.41) is 9.27. The zero-order valence-corrected chi connectivity index (χ0v) is 7.54. The van der Waals surface area contributed by atoms with Crippen molar-refractivity contribution in [2.75, 3.05) is 20.3 Å². The van der Waals surface area contributed by atoms with Crippen LogP contribution in [0.15, 0.2) is 16.5 Å². The lowest BCUT2D eigenvalue weighted by molar-refractivity contribution is 0.134. The molecule has 1 aromatic rings. The van der Waals surface area contributed by atoms with E-state index in [1.807, 2.05) is 0 Å². The van der Waals surface area contributed by atoms with Crippen LogP contribution < -0.4 is 0 Å². The standard InChI is InChI=1S/C8H11ClO3/c1-11-5-6(4-10)7-2-3-8(9)12-7/h2-3,6,10H,4-5H2,1H3. The summed E-state index contributed by atoms with van der Waals surface area (Å²) in [6.07, 6.45) is 0. The van der Waals surface area contributed by atoms with E-state index in [0.717, 1.165) is 0 Å². The van der Waals surface area contributed by atoms with Gasteiger partial charge in [-0.2, -0.15) is 0 Å². The summed E-state index contributed by atoms with van der Waals surface area (Å²) < 4.78 is 10.0. The quantitative estimate of drug-likeness (QED) is 0.785. The summed E-state index contributed by atoms with van der Waals surface area (Å²) in [4.78, 5) is 0. The van der Waals surface area contributed by atoms with Crippen LogP contribution in [0.1, 0.15) is 11.7 Å². The summed E-state index contributed by atoms with van der Waals surface area (Å²) in [5.74, 6) is 0.534. The summed E-state index contributed by atoms with van der Waals surface area (Å²) in [7, 11) is 1.58. The molecule has 1 rings (SSSR count). The van der Waals surface area contributed by atoms with Crippen molar-refractivity contribution in [3.8, 4) is 0 Å². The number of halogens is 1. The van der Waals surface area contributed by atoms with Crippen LogP contribution in [-0.2, 0) is 4.74 Å². The Kier molecular flexibility index (Phi) is 3.59. The van der Waals surface area contributed by atoms with E-state index in [2.05, 4.69) is 0 Å². The Balaban J connectivity index is 2.66. The number of rotatable bonds is 4. The lowest BCUT2D eigenvalue weighted by atomic mass is 10.1. The van der Waals surface area contributed by atoms with E-state index in [9.17, 15) is 0 Å². The van der Waals surface area contributed by atoms with Crippen LogP contribution in [0.25, 0.3) is 0 Å². The monoisotopic (exact) mass is 190 g/mol. The molecule has 1 unspecified atom stereocenters. The van der Waals surface area contributed by atoms with Crippen molar-refractivity contribution in [2.24, 2.45) is 0 Å². The fourth-order valence-corrected chi connectivity index (χ4v) is 1.13.